The van der Waals surface area contributed by atoms with Crippen LogP contribution in [0, 0.1) is 5.92 Å². The largest absolute Gasteiger partial charge is 0.472 e. The molecular weight excluding hydrogens is 1400 g/mol. The molecule has 642 valence electrons. The summed E-state index contributed by atoms with van der Waals surface area (Å²) in [5.41, 5.74) is 0. The van der Waals surface area contributed by atoms with Gasteiger partial charge in [0.15, 0.2) is 12.2 Å². The summed E-state index contributed by atoms with van der Waals surface area (Å²) in [6.07, 6.45) is 76.6. The number of ether oxygens (including phenoxy) is 4. The zero-order valence-electron chi connectivity index (χ0n) is 71.0. The van der Waals surface area contributed by atoms with E-state index < -0.39 is 97.5 Å². The van der Waals surface area contributed by atoms with E-state index in [1.807, 2.05) is 0 Å². The quantitative estimate of drug-likeness (QED) is 0.0222. The van der Waals surface area contributed by atoms with Crippen molar-refractivity contribution in [1.29, 1.82) is 0 Å². The van der Waals surface area contributed by atoms with Gasteiger partial charge in [0.1, 0.15) is 19.3 Å². The van der Waals surface area contributed by atoms with Gasteiger partial charge >= 0.3 is 39.5 Å². The Morgan fingerprint density at radius 2 is 0.426 bits per heavy atom. The summed E-state index contributed by atoms with van der Waals surface area (Å²) in [5.74, 6) is -1.30. The minimum absolute atomic E-state index is 0.108. The van der Waals surface area contributed by atoms with E-state index in [0.29, 0.717) is 25.7 Å². The molecule has 0 heterocycles. The van der Waals surface area contributed by atoms with Crippen molar-refractivity contribution in [2.75, 3.05) is 39.6 Å². The number of phosphoric ester groups is 2. The van der Waals surface area contributed by atoms with Gasteiger partial charge in [-0.3, -0.25) is 37.3 Å². The highest BCUT2D eigenvalue weighted by molar-refractivity contribution is 7.47. The molecule has 0 aromatic heterocycles. The molecule has 2 unspecified atom stereocenters. The molecule has 0 aliphatic heterocycles. The summed E-state index contributed by atoms with van der Waals surface area (Å²) < 4.78 is 68.9. The Balaban J connectivity index is 5.19. The fourth-order valence-electron chi connectivity index (χ4n) is 14.0. The summed E-state index contributed by atoms with van der Waals surface area (Å²) in [6.45, 7) is 7.38. The average molecular weight is 1580 g/mol. The average Bonchev–Trinajstić information content (AvgIpc) is 0.876. The molecule has 0 radical (unpaired) electrons. The SMILES string of the molecule is CCCCCCCCCCCCCCCCCCCCCCCC(=O)OC[C@H](COP(=O)(O)OC[C@@H](O)COP(=O)(O)OC[C@@H](COC(=O)CCCCCCCCCCC)OC(=O)CCCCCCCCCCCCCCCCC(C)C)OC(=O)CCCCCCCCCCCCCCCCCCCCCCC. The van der Waals surface area contributed by atoms with Gasteiger partial charge in [0.2, 0.25) is 0 Å². The van der Waals surface area contributed by atoms with E-state index in [1.165, 1.54) is 308 Å². The number of aliphatic hydroxyl groups excluding tert-OH is 1. The third-order valence-corrected chi connectivity index (χ3v) is 22.9. The second-order valence-electron chi connectivity index (χ2n) is 32.5. The van der Waals surface area contributed by atoms with E-state index >= 15 is 0 Å². The maximum absolute atomic E-state index is 13.2. The van der Waals surface area contributed by atoms with Crippen LogP contribution in [0.15, 0.2) is 0 Å². The van der Waals surface area contributed by atoms with Gasteiger partial charge in [-0.1, -0.05) is 433 Å². The number of hydrogen-bond acceptors (Lipinski definition) is 15. The molecule has 0 rings (SSSR count). The maximum atomic E-state index is 13.2. The van der Waals surface area contributed by atoms with Crippen LogP contribution in [0.1, 0.15) is 484 Å². The lowest BCUT2D eigenvalue weighted by Crippen LogP contribution is -2.30. The summed E-state index contributed by atoms with van der Waals surface area (Å²) in [4.78, 5) is 73.3. The molecule has 0 amide bonds. The zero-order valence-corrected chi connectivity index (χ0v) is 72.8. The number of phosphoric acid groups is 2. The first-order valence-corrected chi connectivity index (χ1v) is 49.1. The van der Waals surface area contributed by atoms with Crippen LogP contribution in [0.4, 0.5) is 0 Å². The van der Waals surface area contributed by atoms with E-state index in [4.69, 9.17) is 37.0 Å². The molecule has 0 spiro atoms. The van der Waals surface area contributed by atoms with Crippen molar-refractivity contribution in [3.8, 4) is 0 Å². The predicted octanol–water partition coefficient (Wildman–Crippen LogP) is 27.5. The monoisotopic (exact) mass is 1580 g/mol. The number of carbonyl (C=O) groups excluding carboxylic acids is 4. The molecule has 0 aromatic rings. The van der Waals surface area contributed by atoms with Crippen LogP contribution in [-0.2, 0) is 65.4 Å². The fraction of sp³-hybridized carbons (Fsp3) is 0.955. The first-order chi connectivity index (χ1) is 52.5. The van der Waals surface area contributed by atoms with Gasteiger partial charge in [-0.25, -0.2) is 9.13 Å². The van der Waals surface area contributed by atoms with Gasteiger partial charge in [-0.2, -0.15) is 0 Å². The lowest BCUT2D eigenvalue weighted by Gasteiger charge is -2.21. The van der Waals surface area contributed by atoms with E-state index in [-0.39, 0.29) is 25.7 Å². The smallest absolute Gasteiger partial charge is 0.462 e. The molecule has 0 aliphatic carbocycles. The second kappa shape index (κ2) is 81.6. The summed E-state index contributed by atoms with van der Waals surface area (Å²) in [7, 11) is -9.93. The number of hydrogen-bond donors (Lipinski definition) is 3. The first-order valence-electron chi connectivity index (χ1n) is 46.1. The molecule has 0 saturated heterocycles. The van der Waals surface area contributed by atoms with Crippen LogP contribution in [0.2, 0.25) is 0 Å². The molecule has 3 N–H and O–H groups in total. The van der Waals surface area contributed by atoms with Gasteiger partial charge in [-0.15, -0.1) is 0 Å². The fourth-order valence-corrected chi connectivity index (χ4v) is 15.6. The van der Waals surface area contributed by atoms with Crippen molar-refractivity contribution in [2.45, 2.75) is 502 Å². The third-order valence-electron chi connectivity index (χ3n) is 21.0. The Morgan fingerprint density at radius 1 is 0.250 bits per heavy atom. The van der Waals surface area contributed by atoms with Crippen molar-refractivity contribution >= 4 is 39.5 Å². The minimum atomic E-state index is -4.97. The van der Waals surface area contributed by atoms with Gasteiger partial charge in [-0.05, 0) is 31.6 Å². The number of rotatable bonds is 89. The Labute approximate surface area is 664 Å². The third kappa shape index (κ3) is 82.1. The topological polar surface area (TPSA) is 237 Å². The van der Waals surface area contributed by atoms with Gasteiger partial charge in [0.25, 0.3) is 0 Å². The molecule has 5 atom stereocenters. The second-order valence-corrected chi connectivity index (χ2v) is 35.4. The predicted molar refractivity (Wildman–Crippen MR) is 446 cm³/mol. The molecule has 0 fully saturated rings. The van der Waals surface area contributed by atoms with E-state index in [9.17, 15) is 43.2 Å². The van der Waals surface area contributed by atoms with Crippen molar-refractivity contribution in [3.63, 3.8) is 0 Å². The lowest BCUT2D eigenvalue weighted by atomic mass is 10.0. The number of carbonyl (C=O) groups is 4. The van der Waals surface area contributed by atoms with Crippen molar-refractivity contribution in [3.05, 3.63) is 0 Å². The molecule has 108 heavy (non-hydrogen) atoms. The molecular formula is C89H174O17P2. The molecule has 0 saturated carbocycles. The lowest BCUT2D eigenvalue weighted by molar-refractivity contribution is -0.161. The summed E-state index contributed by atoms with van der Waals surface area (Å²) in [5, 5.41) is 10.7. The normalized spacial score (nSPS) is 13.7. The summed E-state index contributed by atoms with van der Waals surface area (Å²) >= 11 is 0. The standard InChI is InChI=1S/C89H174O17P2/c1-6-9-12-15-18-21-23-25-27-29-31-33-35-37-39-44-48-53-58-63-68-73-87(92)100-79-85(106-89(94)74-69-64-59-54-49-45-40-38-36-34-32-30-28-26-24-22-19-16-13-10-7-2)81-104-108(97,98)102-77-83(90)76-101-107(95,96)103-80-84(78-99-86(91)72-67-62-57-51-20-17-14-11-8-3)105-88(93)75-70-65-60-55-50-46-42-41-43-47-52-56-61-66-71-82(4)5/h82-85,90H,6-81H2,1-5H3,(H,95,96)(H,97,98)/t83-,84+,85+/m0/s1. The molecule has 0 aromatic carbocycles. The zero-order chi connectivity index (χ0) is 79.0. The van der Waals surface area contributed by atoms with Crippen LogP contribution in [-0.4, -0.2) is 96.7 Å². The van der Waals surface area contributed by atoms with Crippen LogP contribution in [0.3, 0.4) is 0 Å². The van der Waals surface area contributed by atoms with Crippen LogP contribution in [0.25, 0.3) is 0 Å². The van der Waals surface area contributed by atoms with Gasteiger partial charge < -0.3 is 33.8 Å². The highest BCUT2D eigenvalue weighted by Crippen LogP contribution is 2.45. The summed E-state index contributed by atoms with van der Waals surface area (Å²) in [6, 6.07) is 0. The van der Waals surface area contributed by atoms with Crippen LogP contribution < -0.4 is 0 Å². The molecule has 0 bridgehead atoms. The Kier molecular flexibility index (Phi) is 80.2. The van der Waals surface area contributed by atoms with Crippen molar-refractivity contribution < 1.29 is 80.2 Å². The first kappa shape index (κ1) is 106. The molecule has 17 nitrogen and oxygen atoms in total. The number of aliphatic hydroxyl groups is 1. The molecule has 19 heteroatoms. The highest BCUT2D eigenvalue weighted by atomic mass is 31.2. The Hall–Kier alpha value is -1.94. The highest BCUT2D eigenvalue weighted by Gasteiger charge is 2.30. The van der Waals surface area contributed by atoms with Gasteiger partial charge in [0.05, 0.1) is 26.4 Å². The molecule has 0 aliphatic rings. The Morgan fingerprint density at radius 3 is 0.630 bits per heavy atom. The number of esters is 4. The van der Waals surface area contributed by atoms with Crippen molar-refractivity contribution in [1.82, 2.24) is 0 Å². The number of unbranched alkanes of at least 4 members (excludes halogenated alkanes) is 61. The van der Waals surface area contributed by atoms with E-state index in [2.05, 4.69) is 34.6 Å². The minimum Gasteiger partial charge on any atom is -0.462 e. The van der Waals surface area contributed by atoms with Crippen molar-refractivity contribution in [2.24, 2.45) is 5.92 Å². The van der Waals surface area contributed by atoms with Crippen LogP contribution in [0.5, 0.6) is 0 Å². The maximum Gasteiger partial charge on any atom is 0.472 e. The van der Waals surface area contributed by atoms with Gasteiger partial charge in [0, 0.05) is 25.7 Å². The van der Waals surface area contributed by atoms with E-state index in [1.54, 1.807) is 0 Å². The van der Waals surface area contributed by atoms with Crippen LogP contribution >= 0.6 is 15.6 Å². The van der Waals surface area contributed by atoms with E-state index in [0.717, 1.165) is 95.8 Å². The Bertz CT molecular complexity index is 2050.